The molecule has 3 atom stereocenters. The molecule has 26 heavy (non-hydrogen) atoms. The van der Waals surface area contributed by atoms with Gasteiger partial charge in [0.25, 0.3) is 5.91 Å². The Balaban J connectivity index is 0.00000243. The highest BCUT2D eigenvalue weighted by atomic mass is 127. The summed E-state index contributed by atoms with van der Waals surface area (Å²) in [7, 11) is 2.36. The van der Waals surface area contributed by atoms with Gasteiger partial charge in [0.15, 0.2) is 0 Å². The van der Waals surface area contributed by atoms with Crippen molar-refractivity contribution in [1.82, 2.24) is 5.32 Å². The number of carbonyl (C=O) groups excluding carboxylic acids is 2. The number of esters is 1. The molecular weight excluding hydrogens is 443 g/mol. The number of quaternary nitrogens is 1. The third kappa shape index (κ3) is 5.19. The number of fused-ring (bicyclic) bond motifs is 1. The van der Waals surface area contributed by atoms with Gasteiger partial charge in [0, 0.05) is 17.9 Å². The summed E-state index contributed by atoms with van der Waals surface area (Å²) in [5, 5.41) is 2.63. The maximum Gasteiger partial charge on any atom is 0.325 e. The minimum Gasteiger partial charge on any atom is -1.00 e. The van der Waals surface area contributed by atoms with Crippen molar-refractivity contribution in [1.29, 1.82) is 0 Å². The normalized spacial score (nSPS) is 27.6. The SMILES string of the molecule is C[N+]12CCCCC1C(COC(=O)CNC(=O)c1ccccc1)CCC2.[I-]. The number of amides is 1. The highest BCUT2D eigenvalue weighted by molar-refractivity contribution is 5.95. The lowest BCUT2D eigenvalue weighted by Crippen LogP contribution is -3.00. The highest BCUT2D eigenvalue weighted by Crippen LogP contribution is 2.36. The van der Waals surface area contributed by atoms with Crippen molar-refractivity contribution in [3.63, 3.8) is 0 Å². The number of nitrogens with one attached hydrogen (secondary N) is 1. The number of benzene rings is 1. The number of carbonyl (C=O) groups is 2. The zero-order valence-electron chi connectivity index (χ0n) is 15.5. The number of ether oxygens (including phenoxy) is 1. The minimum atomic E-state index is -0.347. The van der Waals surface area contributed by atoms with Gasteiger partial charge in [-0.2, -0.15) is 0 Å². The van der Waals surface area contributed by atoms with E-state index in [2.05, 4.69) is 12.4 Å². The number of nitrogens with zero attached hydrogens (tertiary/aromatic N) is 1. The topological polar surface area (TPSA) is 55.4 Å². The third-order valence-corrected chi connectivity index (χ3v) is 5.90. The number of piperidine rings is 2. The first-order valence-electron chi connectivity index (χ1n) is 9.41. The maximum atomic E-state index is 12.0. The van der Waals surface area contributed by atoms with E-state index in [4.69, 9.17) is 4.74 Å². The zero-order chi connectivity index (χ0) is 17.7. The molecule has 3 unspecified atom stereocenters. The molecule has 1 aromatic carbocycles. The van der Waals surface area contributed by atoms with Crippen LogP contribution in [0.4, 0.5) is 0 Å². The van der Waals surface area contributed by atoms with Gasteiger partial charge < -0.3 is 38.5 Å². The predicted molar refractivity (Wildman–Crippen MR) is 96.0 cm³/mol. The molecule has 0 aromatic heterocycles. The van der Waals surface area contributed by atoms with Crippen LogP contribution in [0.3, 0.4) is 0 Å². The average molecular weight is 472 g/mol. The molecule has 2 aliphatic rings. The Kier molecular flexibility index (Phi) is 7.88. The molecule has 1 aromatic rings. The number of halogens is 1. The van der Waals surface area contributed by atoms with Crippen molar-refractivity contribution in [3.8, 4) is 0 Å². The Bertz CT molecular complexity index is 606. The van der Waals surface area contributed by atoms with E-state index < -0.39 is 0 Å². The Hall–Kier alpha value is -1.15. The van der Waals surface area contributed by atoms with Crippen LogP contribution in [0, 0.1) is 5.92 Å². The van der Waals surface area contributed by atoms with Gasteiger partial charge in [0.05, 0.1) is 32.8 Å². The van der Waals surface area contributed by atoms with Crippen LogP contribution < -0.4 is 29.3 Å². The van der Waals surface area contributed by atoms with Gasteiger partial charge in [-0.25, -0.2) is 0 Å². The molecule has 2 fully saturated rings. The molecule has 2 aliphatic heterocycles. The fourth-order valence-electron chi connectivity index (χ4n) is 4.52. The summed E-state index contributed by atoms with van der Waals surface area (Å²) in [4.78, 5) is 24.0. The van der Waals surface area contributed by atoms with Crippen molar-refractivity contribution >= 4 is 11.9 Å². The summed E-state index contributed by atoms with van der Waals surface area (Å²) in [6.45, 7) is 2.92. The van der Waals surface area contributed by atoms with Crippen LogP contribution in [-0.2, 0) is 9.53 Å². The maximum absolute atomic E-state index is 12.0. The number of hydrogen-bond acceptors (Lipinski definition) is 3. The van der Waals surface area contributed by atoms with Gasteiger partial charge in [-0.3, -0.25) is 9.59 Å². The van der Waals surface area contributed by atoms with Gasteiger partial charge >= 0.3 is 5.97 Å². The van der Waals surface area contributed by atoms with Gasteiger partial charge in [-0.05, 0) is 37.8 Å². The van der Waals surface area contributed by atoms with Gasteiger partial charge in [0.1, 0.15) is 6.54 Å². The van der Waals surface area contributed by atoms with Gasteiger partial charge in [0.2, 0.25) is 0 Å². The van der Waals surface area contributed by atoms with Crippen molar-refractivity contribution in [2.24, 2.45) is 5.92 Å². The fourth-order valence-corrected chi connectivity index (χ4v) is 4.52. The molecule has 2 heterocycles. The molecule has 2 saturated heterocycles. The van der Waals surface area contributed by atoms with E-state index >= 15 is 0 Å². The molecule has 3 rings (SSSR count). The summed E-state index contributed by atoms with van der Waals surface area (Å²) in [5.41, 5.74) is 0.554. The van der Waals surface area contributed by atoms with Crippen molar-refractivity contribution in [2.45, 2.75) is 38.1 Å². The zero-order valence-corrected chi connectivity index (χ0v) is 17.6. The first-order valence-corrected chi connectivity index (χ1v) is 9.41. The van der Waals surface area contributed by atoms with E-state index in [1.807, 2.05) is 6.07 Å². The minimum absolute atomic E-state index is 0. The molecule has 0 saturated carbocycles. The molecule has 0 aliphatic carbocycles. The molecule has 1 amide bonds. The standard InChI is InChI=1S/C20H28N2O3.HI/c1-22-12-6-5-11-18(22)17(10-7-13-22)15-25-19(23)14-21-20(24)16-8-3-2-4-9-16;/h2-4,8-9,17-18H,5-7,10-15H2,1H3;1H. The van der Waals surface area contributed by atoms with Crippen molar-refractivity contribution in [3.05, 3.63) is 35.9 Å². The quantitative estimate of drug-likeness (QED) is 0.353. The summed E-state index contributed by atoms with van der Waals surface area (Å²) < 4.78 is 6.64. The second kappa shape index (κ2) is 9.69. The van der Waals surface area contributed by atoms with E-state index in [0.717, 1.165) is 10.9 Å². The van der Waals surface area contributed by atoms with Crippen molar-refractivity contribution < 1.29 is 42.8 Å². The molecular formula is C20H29IN2O3. The van der Waals surface area contributed by atoms with Crippen LogP contribution in [0.25, 0.3) is 0 Å². The Labute approximate surface area is 173 Å². The Morgan fingerprint density at radius 1 is 1.12 bits per heavy atom. The highest BCUT2D eigenvalue weighted by Gasteiger charge is 2.43. The first kappa shape index (κ1) is 21.2. The number of hydrogen-bond donors (Lipinski definition) is 1. The Morgan fingerprint density at radius 2 is 1.85 bits per heavy atom. The van der Waals surface area contributed by atoms with Gasteiger partial charge in [-0.15, -0.1) is 0 Å². The largest absolute Gasteiger partial charge is 1.00 e. The van der Waals surface area contributed by atoms with E-state index in [1.54, 1.807) is 24.3 Å². The van der Waals surface area contributed by atoms with Crippen LogP contribution in [0.15, 0.2) is 30.3 Å². The molecule has 144 valence electrons. The second-order valence-corrected chi connectivity index (χ2v) is 7.62. The second-order valence-electron chi connectivity index (χ2n) is 7.62. The summed E-state index contributed by atoms with van der Waals surface area (Å²) in [6.07, 6.45) is 6.19. The summed E-state index contributed by atoms with van der Waals surface area (Å²) in [5.74, 6) is -0.139. The fraction of sp³-hybridized carbons (Fsp3) is 0.600. The summed E-state index contributed by atoms with van der Waals surface area (Å²) in [6, 6.07) is 9.53. The molecule has 6 heteroatoms. The van der Waals surface area contributed by atoms with Crippen LogP contribution in [0.2, 0.25) is 0 Å². The molecule has 0 bridgehead atoms. The average Bonchev–Trinajstić information content (AvgIpc) is 2.64. The van der Waals surface area contributed by atoms with Crippen LogP contribution in [0.5, 0.6) is 0 Å². The third-order valence-electron chi connectivity index (χ3n) is 5.90. The lowest BCUT2D eigenvalue weighted by Gasteiger charge is -2.51. The van der Waals surface area contributed by atoms with Crippen LogP contribution >= 0.6 is 0 Å². The smallest absolute Gasteiger partial charge is 0.325 e. The Morgan fingerprint density at radius 3 is 2.62 bits per heavy atom. The summed E-state index contributed by atoms with van der Waals surface area (Å²) >= 11 is 0. The van der Waals surface area contributed by atoms with Crippen molar-refractivity contribution in [2.75, 3.05) is 33.3 Å². The molecule has 0 radical (unpaired) electrons. The van der Waals surface area contributed by atoms with E-state index in [0.29, 0.717) is 24.1 Å². The van der Waals surface area contributed by atoms with Gasteiger partial charge in [-0.1, -0.05) is 18.2 Å². The number of rotatable bonds is 5. The van der Waals surface area contributed by atoms with E-state index in [1.165, 1.54) is 38.8 Å². The molecule has 0 spiro atoms. The lowest BCUT2D eigenvalue weighted by molar-refractivity contribution is -0.947. The monoisotopic (exact) mass is 472 g/mol. The van der Waals surface area contributed by atoms with E-state index in [9.17, 15) is 9.59 Å². The van der Waals surface area contributed by atoms with Crippen LogP contribution in [-0.4, -0.2) is 55.7 Å². The lowest BCUT2D eigenvalue weighted by atomic mass is 9.82. The molecule has 5 nitrogen and oxygen atoms in total. The first-order chi connectivity index (χ1) is 12.1. The van der Waals surface area contributed by atoms with E-state index in [-0.39, 0.29) is 42.4 Å². The molecule has 1 N–H and O–H groups in total. The predicted octanol–water partition coefficient (Wildman–Crippen LogP) is -0.627. The van der Waals surface area contributed by atoms with Crippen LogP contribution in [0.1, 0.15) is 42.5 Å².